The first kappa shape index (κ1) is 20.5. The number of halogens is 1. The number of non-ortho nitro benzene ring substituents is 1. The van der Waals surface area contributed by atoms with E-state index in [0.29, 0.717) is 0 Å². The zero-order valence-corrected chi connectivity index (χ0v) is 16.4. The van der Waals surface area contributed by atoms with E-state index in [4.69, 9.17) is 4.74 Å². The lowest BCUT2D eigenvalue weighted by Crippen LogP contribution is -2.28. The van der Waals surface area contributed by atoms with Crippen molar-refractivity contribution in [1.29, 1.82) is 0 Å². The maximum atomic E-state index is 12.2. The second-order valence-electron chi connectivity index (χ2n) is 5.53. The zero-order valence-electron chi connectivity index (χ0n) is 14.0. The molecule has 0 aliphatic carbocycles. The number of rotatable bonds is 9. The Hall–Kier alpha value is -1.81. The Labute approximate surface area is 160 Å². The van der Waals surface area contributed by atoms with Crippen LogP contribution < -0.4 is 4.72 Å². The number of hydrogen-bond acceptors (Lipinski definition) is 5. The summed E-state index contributed by atoms with van der Waals surface area (Å²) in [6, 6.07) is 14.4. The van der Waals surface area contributed by atoms with Gasteiger partial charge in [0.1, 0.15) is 0 Å². The molecule has 0 spiro atoms. The van der Waals surface area contributed by atoms with Gasteiger partial charge in [-0.2, -0.15) is 0 Å². The van der Waals surface area contributed by atoms with Crippen LogP contribution in [0.1, 0.15) is 18.6 Å². The summed E-state index contributed by atoms with van der Waals surface area (Å²) in [6.07, 6.45) is -0.208. The lowest BCUT2D eigenvalue weighted by molar-refractivity contribution is -0.384. The summed E-state index contributed by atoms with van der Waals surface area (Å²) in [5, 5.41) is 10.6. The Bertz CT molecular complexity index is 826. The highest BCUT2D eigenvalue weighted by Gasteiger charge is 2.19. The Morgan fingerprint density at radius 3 is 2.31 bits per heavy atom. The average Bonchev–Trinajstić information content (AvgIpc) is 2.62. The Morgan fingerprint density at radius 1 is 1.15 bits per heavy atom. The minimum Gasteiger partial charge on any atom is -0.371 e. The van der Waals surface area contributed by atoms with E-state index >= 15 is 0 Å². The first-order valence-electron chi connectivity index (χ1n) is 7.86. The fourth-order valence-electron chi connectivity index (χ4n) is 2.33. The maximum absolute atomic E-state index is 12.2. The number of ether oxygens (including phenoxy) is 1. The van der Waals surface area contributed by atoms with E-state index in [1.54, 1.807) is 0 Å². The molecule has 0 heterocycles. The monoisotopic (exact) mass is 442 g/mol. The van der Waals surface area contributed by atoms with Gasteiger partial charge in [0.25, 0.3) is 5.69 Å². The molecule has 7 nitrogen and oxygen atoms in total. The lowest BCUT2D eigenvalue weighted by atomic mass is 10.1. The summed E-state index contributed by atoms with van der Waals surface area (Å²) in [7, 11) is -3.75. The SMILES string of the molecule is C[C@H](Br)[C@H](OCCNS(=O)(=O)c1ccc([N+](=O)[O-])cc1)c1ccccc1. The van der Waals surface area contributed by atoms with Gasteiger partial charge in [-0.3, -0.25) is 10.1 Å². The third-order valence-corrected chi connectivity index (χ3v) is 5.55. The van der Waals surface area contributed by atoms with Gasteiger partial charge in [-0.1, -0.05) is 46.3 Å². The van der Waals surface area contributed by atoms with E-state index in [1.807, 2.05) is 37.3 Å². The summed E-state index contributed by atoms with van der Waals surface area (Å²) in [4.78, 5) is 10.1. The minimum absolute atomic E-state index is 0.0310. The predicted molar refractivity (Wildman–Crippen MR) is 102 cm³/mol. The normalized spacial score (nSPS) is 13.9. The van der Waals surface area contributed by atoms with Gasteiger partial charge in [0.2, 0.25) is 10.0 Å². The van der Waals surface area contributed by atoms with Crippen LogP contribution in [0.2, 0.25) is 0 Å². The van der Waals surface area contributed by atoms with E-state index in [-0.39, 0.29) is 34.7 Å². The molecule has 0 amide bonds. The molecule has 0 aliphatic heterocycles. The molecule has 0 bridgehead atoms. The van der Waals surface area contributed by atoms with Crippen molar-refractivity contribution in [3.63, 3.8) is 0 Å². The van der Waals surface area contributed by atoms with Gasteiger partial charge in [-0.15, -0.1) is 0 Å². The molecule has 26 heavy (non-hydrogen) atoms. The van der Waals surface area contributed by atoms with Crippen LogP contribution in [-0.2, 0) is 14.8 Å². The third-order valence-electron chi connectivity index (χ3n) is 3.59. The van der Waals surface area contributed by atoms with Crippen molar-refractivity contribution in [3.05, 3.63) is 70.3 Å². The van der Waals surface area contributed by atoms with Crippen LogP contribution in [0, 0.1) is 10.1 Å². The summed E-state index contributed by atoms with van der Waals surface area (Å²) < 4.78 is 32.7. The van der Waals surface area contributed by atoms with Crippen LogP contribution in [0.15, 0.2) is 59.5 Å². The van der Waals surface area contributed by atoms with E-state index in [2.05, 4.69) is 20.7 Å². The number of sulfonamides is 1. The van der Waals surface area contributed by atoms with E-state index < -0.39 is 14.9 Å². The molecule has 2 aromatic rings. The molecule has 9 heteroatoms. The van der Waals surface area contributed by atoms with Crippen LogP contribution in [-0.4, -0.2) is 31.3 Å². The van der Waals surface area contributed by atoms with Crippen LogP contribution in [0.3, 0.4) is 0 Å². The number of nitro benzene ring substituents is 1. The van der Waals surface area contributed by atoms with Crippen molar-refractivity contribution in [1.82, 2.24) is 4.72 Å². The Morgan fingerprint density at radius 2 is 1.77 bits per heavy atom. The van der Waals surface area contributed by atoms with Crippen molar-refractivity contribution >= 4 is 31.6 Å². The van der Waals surface area contributed by atoms with Gasteiger partial charge in [0.05, 0.1) is 22.5 Å². The molecule has 2 rings (SSSR count). The fraction of sp³-hybridized carbons (Fsp3) is 0.294. The number of alkyl halides is 1. The van der Waals surface area contributed by atoms with E-state index in [9.17, 15) is 18.5 Å². The highest BCUT2D eigenvalue weighted by molar-refractivity contribution is 9.09. The standard InChI is InChI=1S/C17H19BrN2O5S/c1-13(18)17(14-5-3-2-4-6-14)25-12-11-19-26(23,24)16-9-7-15(8-10-16)20(21)22/h2-10,13,17,19H,11-12H2,1H3/t13-,17-/m0/s1. The summed E-state index contributed by atoms with van der Waals surface area (Å²) in [5.74, 6) is 0. The Kier molecular flexibility index (Phi) is 7.27. The highest BCUT2D eigenvalue weighted by Crippen LogP contribution is 2.25. The molecule has 140 valence electrons. The molecule has 2 aromatic carbocycles. The second-order valence-corrected chi connectivity index (χ2v) is 8.74. The van der Waals surface area contributed by atoms with Crippen molar-refractivity contribution in [2.75, 3.05) is 13.2 Å². The molecular formula is C17H19BrN2O5S. The minimum atomic E-state index is -3.75. The molecular weight excluding hydrogens is 424 g/mol. The molecule has 0 radical (unpaired) electrons. The number of nitrogens with zero attached hydrogens (tertiary/aromatic N) is 1. The number of hydrogen-bond donors (Lipinski definition) is 1. The molecule has 0 aromatic heterocycles. The third kappa shape index (κ3) is 5.60. The van der Waals surface area contributed by atoms with Crippen LogP contribution in [0.5, 0.6) is 0 Å². The highest BCUT2D eigenvalue weighted by atomic mass is 79.9. The smallest absolute Gasteiger partial charge is 0.269 e. The zero-order chi connectivity index (χ0) is 19.2. The topological polar surface area (TPSA) is 98.5 Å². The van der Waals surface area contributed by atoms with E-state index in [1.165, 1.54) is 12.1 Å². The molecule has 0 unspecified atom stereocenters. The van der Waals surface area contributed by atoms with E-state index in [0.717, 1.165) is 17.7 Å². The van der Waals surface area contributed by atoms with Gasteiger partial charge in [0.15, 0.2) is 0 Å². The largest absolute Gasteiger partial charge is 0.371 e. The first-order chi connectivity index (χ1) is 12.3. The van der Waals surface area contributed by atoms with Crippen molar-refractivity contribution < 1.29 is 18.1 Å². The molecule has 0 fully saturated rings. The van der Waals surface area contributed by atoms with Gasteiger partial charge in [-0.25, -0.2) is 13.1 Å². The Balaban J connectivity index is 1.92. The maximum Gasteiger partial charge on any atom is 0.269 e. The van der Waals surface area contributed by atoms with Gasteiger partial charge < -0.3 is 4.74 Å². The average molecular weight is 443 g/mol. The van der Waals surface area contributed by atoms with Crippen LogP contribution >= 0.6 is 15.9 Å². The number of benzene rings is 2. The number of nitro groups is 1. The van der Waals surface area contributed by atoms with Crippen LogP contribution in [0.25, 0.3) is 0 Å². The molecule has 0 saturated heterocycles. The van der Waals surface area contributed by atoms with Gasteiger partial charge in [0, 0.05) is 23.5 Å². The molecule has 1 N–H and O–H groups in total. The quantitative estimate of drug-likeness (QED) is 0.277. The molecule has 0 saturated carbocycles. The lowest BCUT2D eigenvalue weighted by Gasteiger charge is -2.21. The van der Waals surface area contributed by atoms with Gasteiger partial charge >= 0.3 is 0 Å². The summed E-state index contributed by atoms with van der Waals surface area (Å²) >= 11 is 3.51. The van der Waals surface area contributed by atoms with Crippen molar-refractivity contribution in [2.45, 2.75) is 22.8 Å². The summed E-state index contributed by atoms with van der Waals surface area (Å²) in [6.45, 7) is 2.22. The molecule has 2 atom stereocenters. The second kappa shape index (κ2) is 9.22. The fourth-order valence-corrected chi connectivity index (χ4v) is 3.80. The number of nitrogens with one attached hydrogen (secondary N) is 1. The summed E-state index contributed by atoms with van der Waals surface area (Å²) in [5.41, 5.74) is 0.833. The first-order valence-corrected chi connectivity index (χ1v) is 10.3. The van der Waals surface area contributed by atoms with Crippen molar-refractivity contribution in [2.24, 2.45) is 0 Å². The van der Waals surface area contributed by atoms with Crippen LogP contribution in [0.4, 0.5) is 5.69 Å². The molecule has 0 aliphatic rings. The van der Waals surface area contributed by atoms with Crippen molar-refractivity contribution in [3.8, 4) is 0 Å². The predicted octanol–water partition coefficient (Wildman–Crippen LogP) is 3.41. The van der Waals surface area contributed by atoms with Gasteiger partial charge in [-0.05, 0) is 24.6 Å².